The van der Waals surface area contributed by atoms with Gasteiger partial charge < -0.3 is 9.73 Å². The molecule has 102 valence electrons. The van der Waals surface area contributed by atoms with Crippen LogP contribution in [0.15, 0.2) is 41.1 Å². The molecule has 2 heterocycles. The van der Waals surface area contributed by atoms with E-state index in [9.17, 15) is 0 Å². The van der Waals surface area contributed by atoms with Gasteiger partial charge in [-0.3, -0.25) is 9.88 Å². The van der Waals surface area contributed by atoms with E-state index in [1.165, 1.54) is 0 Å². The lowest BCUT2D eigenvalue weighted by molar-refractivity contribution is 0.285. The molecule has 0 unspecified atom stereocenters. The number of hydrogen-bond acceptors (Lipinski definition) is 4. The van der Waals surface area contributed by atoms with Gasteiger partial charge in [-0.25, -0.2) is 0 Å². The summed E-state index contributed by atoms with van der Waals surface area (Å²) in [5.74, 6) is 0.975. The lowest BCUT2D eigenvalue weighted by Crippen LogP contribution is -2.17. The van der Waals surface area contributed by atoms with E-state index in [1.54, 1.807) is 6.26 Å². The third-order valence-electron chi connectivity index (χ3n) is 2.83. The SMILES string of the molecule is CCCNc1ccnc(CN(C)Cc2ccco2)c1. The highest BCUT2D eigenvalue weighted by atomic mass is 16.3. The number of aromatic nitrogens is 1. The molecule has 2 aromatic heterocycles. The zero-order valence-corrected chi connectivity index (χ0v) is 11.6. The van der Waals surface area contributed by atoms with Gasteiger partial charge in [-0.15, -0.1) is 0 Å². The molecule has 0 atom stereocenters. The highest BCUT2D eigenvalue weighted by Crippen LogP contribution is 2.11. The van der Waals surface area contributed by atoms with Crippen molar-refractivity contribution in [2.75, 3.05) is 18.9 Å². The molecule has 0 aliphatic rings. The van der Waals surface area contributed by atoms with Crippen LogP contribution < -0.4 is 5.32 Å². The number of pyridine rings is 1. The quantitative estimate of drug-likeness (QED) is 0.829. The Hall–Kier alpha value is -1.81. The first kappa shape index (κ1) is 13.6. The lowest BCUT2D eigenvalue weighted by atomic mass is 10.3. The minimum atomic E-state index is 0.793. The lowest BCUT2D eigenvalue weighted by Gasteiger charge is -2.15. The molecule has 4 heteroatoms. The second-order valence-electron chi connectivity index (χ2n) is 4.71. The zero-order chi connectivity index (χ0) is 13.5. The molecule has 2 aromatic rings. The van der Waals surface area contributed by atoms with Gasteiger partial charge in [0.25, 0.3) is 0 Å². The van der Waals surface area contributed by atoms with Crippen molar-refractivity contribution >= 4 is 5.69 Å². The van der Waals surface area contributed by atoms with Crippen molar-refractivity contribution in [1.82, 2.24) is 9.88 Å². The molecular formula is C15H21N3O. The number of nitrogens with one attached hydrogen (secondary N) is 1. The summed E-state index contributed by atoms with van der Waals surface area (Å²) >= 11 is 0. The molecule has 19 heavy (non-hydrogen) atoms. The second-order valence-corrected chi connectivity index (χ2v) is 4.71. The van der Waals surface area contributed by atoms with Gasteiger partial charge in [0.15, 0.2) is 0 Å². The Kier molecular flexibility index (Phi) is 4.98. The Morgan fingerprint density at radius 3 is 2.95 bits per heavy atom. The van der Waals surface area contributed by atoms with Gasteiger partial charge in [-0.1, -0.05) is 6.92 Å². The van der Waals surface area contributed by atoms with Crippen molar-refractivity contribution < 1.29 is 4.42 Å². The fourth-order valence-corrected chi connectivity index (χ4v) is 1.94. The van der Waals surface area contributed by atoms with Crippen LogP contribution in [0.1, 0.15) is 24.8 Å². The summed E-state index contributed by atoms with van der Waals surface area (Å²) < 4.78 is 5.34. The summed E-state index contributed by atoms with van der Waals surface area (Å²) in [5, 5.41) is 3.38. The molecule has 0 aliphatic carbocycles. The Morgan fingerprint density at radius 2 is 2.21 bits per heavy atom. The summed E-state index contributed by atoms with van der Waals surface area (Å²) in [7, 11) is 2.07. The number of nitrogens with zero attached hydrogens (tertiary/aromatic N) is 2. The van der Waals surface area contributed by atoms with E-state index in [4.69, 9.17) is 4.42 Å². The van der Waals surface area contributed by atoms with Crippen LogP contribution in [0.25, 0.3) is 0 Å². The minimum Gasteiger partial charge on any atom is -0.468 e. The fraction of sp³-hybridized carbons (Fsp3) is 0.400. The van der Waals surface area contributed by atoms with Crippen molar-refractivity contribution in [3.63, 3.8) is 0 Å². The van der Waals surface area contributed by atoms with Gasteiger partial charge in [-0.2, -0.15) is 0 Å². The first-order chi connectivity index (χ1) is 9.28. The topological polar surface area (TPSA) is 41.3 Å². The van der Waals surface area contributed by atoms with E-state index in [-0.39, 0.29) is 0 Å². The van der Waals surface area contributed by atoms with E-state index in [2.05, 4.69) is 35.2 Å². The van der Waals surface area contributed by atoms with Crippen LogP contribution in [-0.2, 0) is 13.1 Å². The number of anilines is 1. The minimum absolute atomic E-state index is 0.793. The van der Waals surface area contributed by atoms with Crippen molar-refractivity contribution in [2.24, 2.45) is 0 Å². The Bertz CT molecular complexity index is 482. The van der Waals surface area contributed by atoms with E-state index in [1.807, 2.05) is 24.4 Å². The van der Waals surface area contributed by atoms with Crippen LogP contribution in [0.3, 0.4) is 0 Å². The van der Waals surface area contributed by atoms with Crippen LogP contribution >= 0.6 is 0 Å². The average molecular weight is 259 g/mol. The molecule has 0 fully saturated rings. The molecule has 0 saturated heterocycles. The average Bonchev–Trinajstić information content (AvgIpc) is 2.89. The van der Waals surface area contributed by atoms with Gasteiger partial charge in [0.1, 0.15) is 5.76 Å². The first-order valence-corrected chi connectivity index (χ1v) is 6.67. The first-order valence-electron chi connectivity index (χ1n) is 6.67. The standard InChI is InChI=1S/C15H21N3O/c1-3-7-16-13-6-8-17-14(10-13)11-18(2)12-15-5-4-9-19-15/h4-6,8-10H,3,7,11-12H2,1-2H3,(H,16,17). The maximum Gasteiger partial charge on any atom is 0.117 e. The van der Waals surface area contributed by atoms with E-state index >= 15 is 0 Å². The zero-order valence-electron chi connectivity index (χ0n) is 11.6. The third-order valence-corrected chi connectivity index (χ3v) is 2.83. The molecular weight excluding hydrogens is 238 g/mol. The van der Waals surface area contributed by atoms with E-state index < -0.39 is 0 Å². The highest BCUT2D eigenvalue weighted by Gasteiger charge is 2.05. The maximum absolute atomic E-state index is 5.34. The monoisotopic (exact) mass is 259 g/mol. The van der Waals surface area contributed by atoms with Gasteiger partial charge in [-0.05, 0) is 37.7 Å². The number of rotatable bonds is 7. The van der Waals surface area contributed by atoms with Gasteiger partial charge in [0, 0.05) is 25.0 Å². The van der Waals surface area contributed by atoms with Crippen molar-refractivity contribution in [3.8, 4) is 0 Å². The molecule has 0 amide bonds. The number of hydrogen-bond donors (Lipinski definition) is 1. The molecule has 4 nitrogen and oxygen atoms in total. The molecule has 1 N–H and O–H groups in total. The Labute approximate surface area is 114 Å². The molecule has 0 aromatic carbocycles. The van der Waals surface area contributed by atoms with Gasteiger partial charge in [0.05, 0.1) is 18.5 Å². The van der Waals surface area contributed by atoms with Crippen LogP contribution in [0.2, 0.25) is 0 Å². The largest absolute Gasteiger partial charge is 0.468 e. The third kappa shape index (κ3) is 4.41. The smallest absolute Gasteiger partial charge is 0.117 e. The molecule has 0 radical (unpaired) electrons. The molecule has 0 bridgehead atoms. The maximum atomic E-state index is 5.34. The Morgan fingerprint density at radius 1 is 1.32 bits per heavy atom. The van der Waals surface area contributed by atoms with Gasteiger partial charge in [0.2, 0.25) is 0 Å². The van der Waals surface area contributed by atoms with Crippen molar-refractivity contribution in [3.05, 3.63) is 48.2 Å². The molecule has 0 aliphatic heterocycles. The van der Waals surface area contributed by atoms with Crippen molar-refractivity contribution in [1.29, 1.82) is 0 Å². The second kappa shape index (κ2) is 6.95. The van der Waals surface area contributed by atoms with Crippen LogP contribution in [0.5, 0.6) is 0 Å². The summed E-state index contributed by atoms with van der Waals surface area (Å²) in [6, 6.07) is 8.01. The van der Waals surface area contributed by atoms with E-state index in [0.29, 0.717) is 0 Å². The van der Waals surface area contributed by atoms with Gasteiger partial charge >= 0.3 is 0 Å². The van der Waals surface area contributed by atoms with E-state index in [0.717, 1.165) is 43.2 Å². The Balaban J connectivity index is 1.90. The summed E-state index contributed by atoms with van der Waals surface area (Å²) in [5.41, 5.74) is 2.20. The van der Waals surface area contributed by atoms with Crippen LogP contribution in [-0.4, -0.2) is 23.5 Å². The highest BCUT2D eigenvalue weighted by molar-refractivity contribution is 5.43. The van der Waals surface area contributed by atoms with Crippen LogP contribution in [0.4, 0.5) is 5.69 Å². The number of furan rings is 1. The van der Waals surface area contributed by atoms with Crippen LogP contribution in [0, 0.1) is 0 Å². The summed E-state index contributed by atoms with van der Waals surface area (Å²) in [6.07, 6.45) is 4.68. The summed E-state index contributed by atoms with van der Waals surface area (Å²) in [4.78, 5) is 6.59. The van der Waals surface area contributed by atoms with Crippen molar-refractivity contribution in [2.45, 2.75) is 26.4 Å². The predicted octanol–water partition coefficient (Wildman–Crippen LogP) is 3.13. The molecule has 0 saturated carbocycles. The predicted molar refractivity (Wildman–Crippen MR) is 76.9 cm³/mol. The normalized spacial score (nSPS) is 10.9. The summed E-state index contributed by atoms with van der Waals surface area (Å²) in [6.45, 7) is 4.75. The molecule has 2 rings (SSSR count). The molecule has 0 spiro atoms. The fourth-order valence-electron chi connectivity index (χ4n) is 1.94.